The van der Waals surface area contributed by atoms with Crippen LogP contribution in [0.15, 0.2) is 24.3 Å². The molecule has 1 aliphatic heterocycles. The van der Waals surface area contributed by atoms with Gasteiger partial charge in [0, 0.05) is 6.42 Å². The number of hydrogen-bond donors (Lipinski definition) is 0. The lowest BCUT2D eigenvalue weighted by Gasteiger charge is -2.10. The third-order valence-electron chi connectivity index (χ3n) is 2.51. The average Bonchev–Trinajstić information content (AvgIpc) is 2.86. The summed E-state index contributed by atoms with van der Waals surface area (Å²) in [6, 6.07) is 8.29. The molecule has 1 aromatic carbocycles. The molecule has 1 fully saturated rings. The summed E-state index contributed by atoms with van der Waals surface area (Å²) in [6.07, 6.45) is 1.23. The Morgan fingerprint density at radius 2 is 1.93 bits per heavy atom. The van der Waals surface area contributed by atoms with Gasteiger partial charge in [0.15, 0.2) is 0 Å². The van der Waals surface area contributed by atoms with Gasteiger partial charge in [0.25, 0.3) is 0 Å². The van der Waals surface area contributed by atoms with Crippen molar-refractivity contribution in [1.29, 1.82) is 0 Å². The first kappa shape index (κ1) is 10.5. The molecule has 2 rings (SSSR count). The third kappa shape index (κ3) is 2.96. The van der Waals surface area contributed by atoms with Crippen LogP contribution in [0.25, 0.3) is 0 Å². The Kier molecular flexibility index (Phi) is 2.70. The van der Waals surface area contributed by atoms with Gasteiger partial charge in [-0.1, -0.05) is 12.1 Å². The van der Waals surface area contributed by atoms with Crippen LogP contribution in [-0.4, -0.2) is 18.3 Å². The molecule has 0 amide bonds. The van der Waals surface area contributed by atoms with Crippen molar-refractivity contribution >= 4 is 0 Å². The molecule has 0 radical (unpaired) electrons. The Morgan fingerprint density at radius 3 is 2.40 bits per heavy atom. The van der Waals surface area contributed by atoms with Crippen molar-refractivity contribution in [2.24, 2.45) is 0 Å². The molecule has 0 aromatic heterocycles. The first-order valence-electron chi connectivity index (χ1n) is 5.47. The van der Waals surface area contributed by atoms with E-state index >= 15 is 0 Å². The van der Waals surface area contributed by atoms with Gasteiger partial charge in [-0.3, -0.25) is 0 Å². The van der Waals surface area contributed by atoms with Crippen molar-refractivity contribution in [2.75, 3.05) is 6.61 Å². The van der Waals surface area contributed by atoms with Crippen LogP contribution in [0.4, 0.5) is 0 Å². The summed E-state index contributed by atoms with van der Waals surface area (Å²) >= 11 is 0. The maximum Gasteiger partial charge on any atom is 0.119 e. The van der Waals surface area contributed by atoms with Crippen LogP contribution < -0.4 is 4.74 Å². The van der Waals surface area contributed by atoms with E-state index in [1.807, 2.05) is 26.0 Å². The minimum atomic E-state index is 0.0976. The number of benzene rings is 1. The van der Waals surface area contributed by atoms with Gasteiger partial charge in [-0.2, -0.15) is 0 Å². The van der Waals surface area contributed by atoms with Crippen LogP contribution in [0.5, 0.6) is 5.75 Å². The second-order valence-electron chi connectivity index (χ2n) is 4.73. The summed E-state index contributed by atoms with van der Waals surface area (Å²) < 4.78 is 10.9. The van der Waals surface area contributed by atoms with Crippen LogP contribution in [0, 0.1) is 0 Å². The van der Waals surface area contributed by atoms with E-state index in [0.29, 0.717) is 0 Å². The van der Waals surface area contributed by atoms with Gasteiger partial charge < -0.3 is 9.47 Å². The van der Waals surface area contributed by atoms with E-state index in [9.17, 15) is 0 Å². The maximum atomic E-state index is 5.58. The zero-order valence-corrected chi connectivity index (χ0v) is 9.62. The standard InChI is InChI=1S/C13H18O2/c1-10(2)15-12-6-4-11(5-7-12)8-13(3)9-14-13/h4-7,10H,8-9H2,1-3H3. The van der Waals surface area contributed by atoms with E-state index in [1.54, 1.807) is 0 Å². The molecule has 82 valence electrons. The van der Waals surface area contributed by atoms with Gasteiger partial charge in [0.2, 0.25) is 0 Å². The normalized spacial score (nSPS) is 24.3. The first-order chi connectivity index (χ1) is 7.07. The highest BCUT2D eigenvalue weighted by Crippen LogP contribution is 2.30. The Hall–Kier alpha value is -1.02. The Balaban J connectivity index is 1.97. The maximum absolute atomic E-state index is 5.58. The van der Waals surface area contributed by atoms with Crippen LogP contribution in [0.2, 0.25) is 0 Å². The second kappa shape index (κ2) is 3.86. The summed E-state index contributed by atoms with van der Waals surface area (Å²) in [5, 5.41) is 0. The van der Waals surface area contributed by atoms with Crippen molar-refractivity contribution < 1.29 is 9.47 Å². The van der Waals surface area contributed by atoms with Crippen molar-refractivity contribution in [1.82, 2.24) is 0 Å². The van der Waals surface area contributed by atoms with E-state index in [4.69, 9.17) is 9.47 Å². The van der Waals surface area contributed by atoms with E-state index in [-0.39, 0.29) is 11.7 Å². The highest BCUT2D eigenvalue weighted by atomic mass is 16.6. The first-order valence-corrected chi connectivity index (χ1v) is 5.47. The molecule has 0 aliphatic carbocycles. The zero-order chi connectivity index (χ0) is 10.9. The molecule has 1 atom stereocenters. The summed E-state index contributed by atoms with van der Waals surface area (Å²) in [4.78, 5) is 0. The summed E-state index contributed by atoms with van der Waals surface area (Å²) in [5.41, 5.74) is 1.41. The van der Waals surface area contributed by atoms with Crippen LogP contribution in [0.1, 0.15) is 26.3 Å². The second-order valence-corrected chi connectivity index (χ2v) is 4.73. The monoisotopic (exact) mass is 206 g/mol. The predicted molar refractivity (Wildman–Crippen MR) is 60.3 cm³/mol. The lowest BCUT2D eigenvalue weighted by atomic mass is 10.0. The van der Waals surface area contributed by atoms with E-state index in [2.05, 4.69) is 19.1 Å². The predicted octanol–water partition coefficient (Wildman–Crippen LogP) is 2.81. The largest absolute Gasteiger partial charge is 0.491 e. The zero-order valence-electron chi connectivity index (χ0n) is 9.62. The smallest absolute Gasteiger partial charge is 0.119 e. The molecule has 1 heterocycles. The van der Waals surface area contributed by atoms with Gasteiger partial charge in [-0.05, 0) is 38.5 Å². The quantitative estimate of drug-likeness (QED) is 0.706. The molecule has 1 saturated heterocycles. The van der Waals surface area contributed by atoms with Crippen LogP contribution in [0.3, 0.4) is 0 Å². The molecule has 2 nitrogen and oxygen atoms in total. The fourth-order valence-electron chi connectivity index (χ4n) is 1.62. The number of epoxide rings is 1. The lowest BCUT2D eigenvalue weighted by molar-refractivity contribution is 0.242. The van der Waals surface area contributed by atoms with Gasteiger partial charge in [0.1, 0.15) is 5.75 Å². The number of ether oxygens (including phenoxy) is 2. The molecule has 0 N–H and O–H groups in total. The fraction of sp³-hybridized carbons (Fsp3) is 0.538. The van der Waals surface area contributed by atoms with Crippen molar-refractivity contribution in [3.63, 3.8) is 0 Å². The molecular formula is C13H18O2. The Bertz CT molecular complexity index is 323. The number of hydrogen-bond acceptors (Lipinski definition) is 2. The lowest BCUT2D eigenvalue weighted by Crippen LogP contribution is -2.09. The Morgan fingerprint density at radius 1 is 1.33 bits per heavy atom. The molecule has 2 heteroatoms. The molecule has 0 bridgehead atoms. The average molecular weight is 206 g/mol. The molecule has 0 saturated carbocycles. The van der Waals surface area contributed by atoms with E-state index in [0.717, 1.165) is 18.8 Å². The molecule has 1 aromatic rings. The van der Waals surface area contributed by atoms with Crippen molar-refractivity contribution in [3.8, 4) is 5.75 Å². The van der Waals surface area contributed by atoms with E-state index in [1.165, 1.54) is 5.56 Å². The minimum Gasteiger partial charge on any atom is -0.491 e. The van der Waals surface area contributed by atoms with Crippen molar-refractivity contribution in [2.45, 2.75) is 38.9 Å². The number of rotatable bonds is 4. The van der Waals surface area contributed by atoms with E-state index < -0.39 is 0 Å². The van der Waals surface area contributed by atoms with Gasteiger partial charge in [-0.15, -0.1) is 0 Å². The fourth-order valence-corrected chi connectivity index (χ4v) is 1.62. The topological polar surface area (TPSA) is 21.8 Å². The summed E-state index contributed by atoms with van der Waals surface area (Å²) in [7, 11) is 0. The summed E-state index contributed by atoms with van der Waals surface area (Å²) in [5.74, 6) is 0.940. The third-order valence-corrected chi connectivity index (χ3v) is 2.51. The highest BCUT2D eigenvalue weighted by molar-refractivity contribution is 5.28. The summed E-state index contributed by atoms with van der Waals surface area (Å²) in [6.45, 7) is 7.10. The Labute approximate surface area is 91.2 Å². The van der Waals surface area contributed by atoms with Gasteiger partial charge in [-0.25, -0.2) is 0 Å². The molecular weight excluding hydrogens is 188 g/mol. The highest BCUT2D eigenvalue weighted by Gasteiger charge is 2.38. The van der Waals surface area contributed by atoms with Crippen LogP contribution >= 0.6 is 0 Å². The molecule has 0 spiro atoms. The molecule has 1 aliphatic rings. The van der Waals surface area contributed by atoms with Crippen molar-refractivity contribution in [3.05, 3.63) is 29.8 Å². The minimum absolute atomic E-state index is 0.0976. The molecule has 1 unspecified atom stereocenters. The molecule has 15 heavy (non-hydrogen) atoms. The van der Waals surface area contributed by atoms with Gasteiger partial charge >= 0.3 is 0 Å². The SMILES string of the molecule is CC(C)Oc1ccc(CC2(C)CO2)cc1. The van der Waals surface area contributed by atoms with Crippen LogP contribution in [-0.2, 0) is 11.2 Å². The van der Waals surface area contributed by atoms with Gasteiger partial charge in [0.05, 0.1) is 18.3 Å².